The molecule has 2 aromatic heterocycles. The molecule has 2 amide bonds. The largest absolute Gasteiger partial charge is 0.454 e. The van der Waals surface area contributed by atoms with Crippen LogP contribution in [-0.4, -0.2) is 26.2 Å². The maximum absolute atomic E-state index is 14.7. The number of nitrogens with one attached hydrogen (secondary N) is 1. The van der Waals surface area contributed by atoms with Crippen molar-refractivity contribution in [1.29, 1.82) is 0 Å². The predicted molar refractivity (Wildman–Crippen MR) is 126 cm³/mol. The number of nitrogens with two attached hydrogens (primary N) is 1. The van der Waals surface area contributed by atoms with E-state index < -0.39 is 23.2 Å². The van der Waals surface area contributed by atoms with Crippen molar-refractivity contribution >= 4 is 17.5 Å². The highest BCUT2D eigenvalue weighted by atomic mass is 19.1. The van der Waals surface area contributed by atoms with Crippen LogP contribution in [0.3, 0.4) is 0 Å². The van der Waals surface area contributed by atoms with Crippen LogP contribution in [0.25, 0.3) is 5.69 Å². The second-order valence-electron chi connectivity index (χ2n) is 7.94. The van der Waals surface area contributed by atoms with E-state index >= 15 is 0 Å². The third-order valence-electron chi connectivity index (χ3n) is 5.66. The normalized spacial score (nSPS) is 12.3. The Hall–Kier alpha value is -4.73. The zero-order valence-electron chi connectivity index (χ0n) is 18.4. The quantitative estimate of drug-likeness (QED) is 0.445. The summed E-state index contributed by atoms with van der Waals surface area (Å²) in [5, 5.41) is 2.62. The van der Waals surface area contributed by atoms with Gasteiger partial charge in [0.15, 0.2) is 11.6 Å². The van der Waals surface area contributed by atoms with Crippen molar-refractivity contribution in [2.24, 2.45) is 5.73 Å². The number of pyridine rings is 1. The average molecular weight is 473 g/mol. The summed E-state index contributed by atoms with van der Waals surface area (Å²) >= 11 is 0. The Morgan fingerprint density at radius 3 is 2.63 bits per heavy atom. The molecule has 0 fully saturated rings. The molecule has 5 rings (SSSR count). The molecule has 0 spiro atoms. The average Bonchev–Trinajstić information content (AvgIpc) is 3.41. The molecule has 35 heavy (non-hydrogen) atoms. The van der Waals surface area contributed by atoms with Crippen LogP contribution in [0.2, 0.25) is 0 Å². The lowest BCUT2D eigenvalue weighted by Gasteiger charge is -2.10. The van der Waals surface area contributed by atoms with Crippen molar-refractivity contribution in [3.8, 4) is 17.2 Å². The van der Waals surface area contributed by atoms with Gasteiger partial charge in [0, 0.05) is 30.6 Å². The van der Waals surface area contributed by atoms with E-state index in [4.69, 9.17) is 10.5 Å². The number of ether oxygens (including phenoxy) is 1. The van der Waals surface area contributed by atoms with Crippen LogP contribution in [-0.2, 0) is 13.0 Å². The lowest BCUT2D eigenvalue weighted by Crippen LogP contribution is -2.26. The Balaban J connectivity index is 1.40. The van der Waals surface area contributed by atoms with E-state index in [1.807, 2.05) is 22.9 Å². The third kappa shape index (κ3) is 4.17. The summed E-state index contributed by atoms with van der Waals surface area (Å²) in [6.45, 7) is 0.625. The van der Waals surface area contributed by atoms with Crippen molar-refractivity contribution in [2.45, 2.75) is 19.4 Å². The highest BCUT2D eigenvalue weighted by Crippen LogP contribution is 2.27. The summed E-state index contributed by atoms with van der Waals surface area (Å²) in [6, 6.07) is 15.7. The first-order valence-electron chi connectivity index (χ1n) is 10.9. The van der Waals surface area contributed by atoms with E-state index in [0.29, 0.717) is 24.3 Å². The van der Waals surface area contributed by atoms with Gasteiger partial charge in [0.2, 0.25) is 0 Å². The number of hydrogen-bond donors (Lipinski definition) is 2. The number of anilines is 1. The van der Waals surface area contributed by atoms with E-state index in [1.165, 1.54) is 35.1 Å². The van der Waals surface area contributed by atoms with Gasteiger partial charge in [0.05, 0.1) is 11.4 Å². The summed E-state index contributed by atoms with van der Waals surface area (Å²) in [5.41, 5.74) is 6.29. The fourth-order valence-corrected chi connectivity index (χ4v) is 4.12. The first-order valence-corrected chi connectivity index (χ1v) is 10.9. The van der Waals surface area contributed by atoms with Crippen molar-refractivity contribution in [1.82, 2.24) is 14.3 Å². The summed E-state index contributed by atoms with van der Waals surface area (Å²) in [4.78, 5) is 41.4. The van der Waals surface area contributed by atoms with Crippen LogP contribution in [0.4, 0.5) is 10.1 Å². The Bertz CT molecular complexity index is 1510. The highest BCUT2D eigenvalue weighted by molar-refractivity contribution is 6.05. The summed E-state index contributed by atoms with van der Waals surface area (Å²) in [7, 11) is 0. The van der Waals surface area contributed by atoms with Crippen molar-refractivity contribution in [3.63, 3.8) is 0 Å². The Labute approximate surface area is 198 Å². The summed E-state index contributed by atoms with van der Waals surface area (Å²) < 4.78 is 23.5. The number of rotatable bonds is 6. The Kier molecular flexibility index (Phi) is 5.61. The SMILES string of the molecule is NC(=O)c1cc(Oc2ccc(NC(=O)c3c4n(n(-c5ccccc5)c3=O)CCC4)cc2F)ccn1. The minimum atomic E-state index is -0.746. The zero-order valence-corrected chi connectivity index (χ0v) is 18.4. The molecular weight excluding hydrogens is 453 g/mol. The molecule has 3 N–H and O–H groups in total. The molecule has 10 heteroatoms. The number of benzene rings is 2. The topological polar surface area (TPSA) is 121 Å². The molecule has 0 aliphatic carbocycles. The minimum absolute atomic E-state index is 0.0203. The minimum Gasteiger partial charge on any atom is -0.454 e. The lowest BCUT2D eigenvalue weighted by atomic mass is 10.1. The molecular formula is C25H20FN5O4. The van der Waals surface area contributed by atoms with Crippen LogP contribution in [0.1, 0.15) is 33.0 Å². The van der Waals surface area contributed by atoms with Gasteiger partial charge in [-0.25, -0.2) is 9.07 Å². The van der Waals surface area contributed by atoms with E-state index in [9.17, 15) is 18.8 Å². The van der Waals surface area contributed by atoms with Gasteiger partial charge in [0.25, 0.3) is 17.4 Å². The molecule has 1 aliphatic heterocycles. The van der Waals surface area contributed by atoms with E-state index in [-0.39, 0.29) is 28.4 Å². The van der Waals surface area contributed by atoms with Crippen LogP contribution in [0, 0.1) is 5.82 Å². The van der Waals surface area contributed by atoms with Crippen LogP contribution in [0.15, 0.2) is 71.7 Å². The molecule has 1 aliphatic rings. The standard InChI is InChI=1S/C25H20FN5O4/c26-18-13-15(8-9-21(18)35-17-10-11-28-19(14-17)23(27)32)29-24(33)22-20-7-4-12-30(20)31(25(22)34)16-5-2-1-3-6-16/h1-3,5-6,8-11,13-14H,4,7,12H2,(H2,27,32)(H,29,33). The monoisotopic (exact) mass is 473 g/mol. The highest BCUT2D eigenvalue weighted by Gasteiger charge is 2.29. The summed E-state index contributed by atoms with van der Waals surface area (Å²) in [5.74, 6) is -2.04. The lowest BCUT2D eigenvalue weighted by molar-refractivity contribution is 0.0993. The Morgan fingerprint density at radius 1 is 1.09 bits per heavy atom. The molecule has 0 radical (unpaired) electrons. The third-order valence-corrected chi connectivity index (χ3v) is 5.66. The maximum atomic E-state index is 14.7. The predicted octanol–water partition coefficient (Wildman–Crippen LogP) is 3.26. The molecule has 0 unspecified atom stereocenters. The van der Waals surface area contributed by atoms with Crippen molar-refractivity contribution < 1.29 is 18.7 Å². The van der Waals surface area contributed by atoms with Gasteiger partial charge in [-0.15, -0.1) is 0 Å². The van der Waals surface area contributed by atoms with Gasteiger partial charge < -0.3 is 15.8 Å². The molecule has 176 valence electrons. The first kappa shape index (κ1) is 22.1. The zero-order chi connectivity index (χ0) is 24.5. The molecule has 0 bridgehead atoms. The number of primary amides is 1. The molecule has 2 aromatic carbocycles. The smallest absolute Gasteiger partial charge is 0.284 e. The number of fused-ring (bicyclic) bond motifs is 1. The number of para-hydroxylation sites is 1. The van der Waals surface area contributed by atoms with Gasteiger partial charge in [-0.3, -0.25) is 24.0 Å². The fourth-order valence-electron chi connectivity index (χ4n) is 4.12. The number of aromatic nitrogens is 3. The fraction of sp³-hybridized carbons (Fsp3) is 0.120. The van der Waals surface area contributed by atoms with Crippen molar-refractivity contribution in [2.75, 3.05) is 5.32 Å². The molecule has 4 aromatic rings. The van der Waals surface area contributed by atoms with Gasteiger partial charge in [-0.2, -0.15) is 0 Å². The van der Waals surface area contributed by atoms with E-state index in [2.05, 4.69) is 10.3 Å². The number of halogens is 1. The number of nitrogens with zero attached hydrogens (tertiary/aromatic N) is 3. The van der Waals surface area contributed by atoms with Crippen LogP contribution in [0.5, 0.6) is 11.5 Å². The molecule has 0 atom stereocenters. The van der Waals surface area contributed by atoms with Crippen LogP contribution < -0.4 is 21.3 Å². The van der Waals surface area contributed by atoms with E-state index in [1.54, 1.807) is 12.1 Å². The second-order valence-corrected chi connectivity index (χ2v) is 7.94. The number of hydrogen-bond acceptors (Lipinski definition) is 5. The molecule has 0 saturated heterocycles. The number of carbonyl (C=O) groups excluding carboxylic acids is 2. The van der Waals surface area contributed by atoms with Gasteiger partial charge >= 0.3 is 0 Å². The molecule has 0 saturated carbocycles. The van der Waals surface area contributed by atoms with Gasteiger partial charge in [-0.1, -0.05) is 18.2 Å². The number of carbonyl (C=O) groups is 2. The van der Waals surface area contributed by atoms with Crippen molar-refractivity contribution in [3.05, 3.63) is 100.0 Å². The number of amides is 2. The maximum Gasteiger partial charge on any atom is 0.284 e. The molecule has 9 nitrogen and oxygen atoms in total. The first-order chi connectivity index (χ1) is 16.9. The molecule has 3 heterocycles. The Morgan fingerprint density at radius 2 is 1.89 bits per heavy atom. The second kappa shape index (κ2) is 8.90. The van der Waals surface area contributed by atoms with Gasteiger partial charge in [-0.05, 0) is 43.2 Å². The van der Waals surface area contributed by atoms with E-state index in [0.717, 1.165) is 12.5 Å². The van der Waals surface area contributed by atoms with Crippen LogP contribution >= 0.6 is 0 Å². The van der Waals surface area contributed by atoms with Gasteiger partial charge in [0.1, 0.15) is 17.0 Å². The summed E-state index contributed by atoms with van der Waals surface area (Å²) in [6.07, 6.45) is 2.73.